The first-order valence-corrected chi connectivity index (χ1v) is 20.4. The van der Waals surface area contributed by atoms with Gasteiger partial charge in [0.05, 0.1) is 40.0 Å². The van der Waals surface area contributed by atoms with Crippen molar-refractivity contribution in [1.82, 2.24) is 24.9 Å². The molecule has 2 aromatic carbocycles. The van der Waals surface area contributed by atoms with Crippen LogP contribution >= 0.6 is 22.9 Å². The largest absolute Gasteiger partial charge is 0.382 e. The molecule has 1 unspecified atom stereocenters. The molecule has 0 bridgehead atoms. The molecule has 8 rings (SSSR count). The number of thiophene rings is 1. The zero-order chi connectivity index (χ0) is 40.8. The predicted octanol–water partition coefficient (Wildman–Crippen LogP) is 5.30. The van der Waals surface area contributed by atoms with E-state index >= 15 is 0 Å². The normalized spacial score (nSPS) is 19.9. The van der Waals surface area contributed by atoms with Crippen molar-refractivity contribution in [2.24, 2.45) is 4.99 Å². The van der Waals surface area contributed by atoms with Crippen LogP contribution in [0.3, 0.4) is 0 Å². The van der Waals surface area contributed by atoms with Gasteiger partial charge in [0.2, 0.25) is 11.8 Å². The molecule has 4 aliphatic heterocycles. The lowest BCUT2D eigenvalue weighted by Crippen LogP contribution is -2.54. The Morgan fingerprint density at radius 3 is 2.50 bits per heavy atom. The Bertz CT molecular complexity index is 2490. The molecule has 2 fully saturated rings. The maximum atomic E-state index is 13.5. The van der Waals surface area contributed by atoms with Gasteiger partial charge >= 0.3 is 0 Å². The molecule has 16 heteroatoms. The van der Waals surface area contributed by atoms with Gasteiger partial charge in [0.15, 0.2) is 0 Å². The second kappa shape index (κ2) is 15.8. The highest BCUT2D eigenvalue weighted by Crippen LogP contribution is 2.40. The Kier molecular flexibility index (Phi) is 10.6. The van der Waals surface area contributed by atoms with E-state index in [0.29, 0.717) is 17.3 Å². The first-order valence-electron chi connectivity index (χ1n) is 19.2. The number of halogens is 1. The molecule has 0 spiro atoms. The van der Waals surface area contributed by atoms with Gasteiger partial charge < -0.3 is 10.2 Å². The van der Waals surface area contributed by atoms with E-state index in [0.717, 1.165) is 75.2 Å². The number of aromatic nitrogens is 2. The van der Waals surface area contributed by atoms with Crippen LogP contribution in [0.4, 0.5) is 10.7 Å². The first-order chi connectivity index (χ1) is 27.9. The molecular weight excluding hydrogens is 776 g/mol. The lowest BCUT2D eigenvalue weighted by atomic mass is 9.99. The Morgan fingerprint density at radius 2 is 1.78 bits per heavy atom. The molecule has 0 saturated carbocycles. The third kappa shape index (κ3) is 7.34. The maximum Gasteiger partial charge on any atom is 0.264 e. The average Bonchev–Trinajstić information content (AvgIpc) is 3.84. The molecule has 2 aromatic heterocycles. The summed E-state index contributed by atoms with van der Waals surface area (Å²) in [5.41, 5.74) is 5.31. The lowest BCUT2D eigenvalue weighted by molar-refractivity contribution is -0.136. The SMILES string of the molecule is CC(=N)N1C(=N)[C@H](C)N=C(c2ccc(Cl)cc2)c2c1sc(C#Cc1cnn(CCN3CCC(Nc4cccc5c4C(=O)N(C4CCC(=O)NC4=O)C5=O)CC3)c1)c2C. The number of fused-ring (bicyclic) bond motifs is 2. The fourth-order valence-corrected chi connectivity index (χ4v) is 9.26. The van der Waals surface area contributed by atoms with E-state index in [1.54, 1.807) is 36.2 Å². The van der Waals surface area contributed by atoms with E-state index < -0.39 is 35.7 Å². The van der Waals surface area contributed by atoms with Crippen molar-refractivity contribution in [2.45, 2.75) is 71.1 Å². The highest BCUT2D eigenvalue weighted by molar-refractivity contribution is 7.17. The summed E-state index contributed by atoms with van der Waals surface area (Å²) >= 11 is 7.66. The van der Waals surface area contributed by atoms with E-state index in [9.17, 15) is 19.2 Å². The van der Waals surface area contributed by atoms with E-state index in [2.05, 4.69) is 32.5 Å². The third-order valence-electron chi connectivity index (χ3n) is 11.0. The number of aliphatic imine (C=N–C) groups is 1. The van der Waals surface area contributed by atoms with Gasteiger partial charge in [-0.15, -0.1) is 11.3 Å². The van der Waals surface area contributed by atoms with Crippen molar-refractivity contribution in [1.29, 1.82) is 10.8 Å². The summed E-state index contributed by atoms with van der Waals surface area (Å²) in [5.74, 6) is 5.03. The summed E-state index contributed by atoms with van der Waals surface area (Å²) in [4.78, 5) is 61.8. The summed E-state index contributed by atoms with van der Waals surface area (Å²) in [6.07, 6.45) is 5.55. The fourth-order valence-electron chi connectivity index (χ4n) is 7.91. The summed E-state index contributed by atoms with van der Waals surface area (Å²) in [5, 5.41) is 29.1. The highest BCUT2D eigenvalue weighted by atomic mass is 35.5. The number of likely N-dealkylation sites (tertiary alicyclic amines) is 1. The number of amidine groups is 2. The van der Waals surface area contributed by atoms with Gasteiger partial charge in [-0.25, -0.2) is 0 Å². The highest BCUT2D eigenvalue weighted by Gasteiger charge is 2.46. The number of hydrogen-bond acceptors (Lipinski definition) is 11. The number of carbonyl (C=O) groups excluding carboxylic acids is 4. The number of rotatable bonds is 7. The van der Waals surface area contributed by atoms with Crippen molar-refractivity contribution in [3.05, 3.63) is 98.1 Å². The van der Waals surface area contributed by atoms with Gasteiger partial charge in [-0.2, -0.15) is 5.10 Å². The molecule has 58 heavy (non-hydrogen) atoms. The maximum absolute atomic E-state index is 13.5. The zero-order valence-corrected chi connectivity index (χ0v) is 33.8. The van der Waals surface area contributed by atoms with Gasteiger partial charge in [-0.1, -0.05) is 41.6 Å². The van der Waals surface area contributed by atoms with E-state index in [1.165, 1.54) is 11.3 Å². The number of nitrogens with zero attached hydrogens (tertiary/aromatic N) is 6. The molecule has 2 saturated heterocycles. The van der Waals surface area contributed by atoms with Crippen molar-refractivity contribution in [3.8, 4) is 11.8 Å². The van der Waals surface area contributed by atoms with Crippen LogP contribution in [0.25, 0.3) is 0 Å². The summed E-state index contributed by atoms with van der Waals surface area (Å²) in [6.45, 7) is 8.70. The summed E-state index contributed by atoms with van der Waals surface area (Å²) in [6, 6.07) is 11.3. The standard InChI is InChI=1S/C42H41ClN10O4S/c1-23-33(58-42-35(23)37(27-8-10-28(43)11-9-27)47-24(2)38(45)52(42)25(3)44)13-7-26-21-46-51(22-26)20-19-50-17-15-29(16-18-50)48-31-6-4-5-30-36(31)41(57)53(40(30)56)32-12-14-34(54)49-39(32)55/h4-6,8-11,21-22,24,29,32,44-45,48H,12,14-20H2,1-3H3,(H,49,54,55)/t24-,32?/m0/s1. The van der Waals surface area contributed by atoms with Crippen LogP contribution in [0.1, 0.15) is 87.4 Å². The lowest BCUT2D eigenvalue weighted by Gasteiger charge is -2.33. The second-order valence-corrected chi connectivity index (χ2v) is 16.3. The number of benzene rings is 2. The van der Waals surface area contributed by atoms with E-state index in [-0.39, 0.29) is 41.7 Å². The van der Waals surface area contributed by atoms with Crippen molar-refractivity contribution < 1.29 is 19.2 Å². The predicted molar refractivity (Wildman–Crippen MR) is 224 cm³/mol. The molecule has 2 atom stereocenters. The number of amides is 4. The van der Waals surface area contributed by atoms with Gasteiger partial charge in [0.1, 0.15) is 28.8 Å². The number of imide groups is 2. The number of anilines is 2. The Labute approximate surface area is 344 Å². The summed E-state index contributed by atoms with van der Waals surface area (Å²) < 4.78 is 1.89. The monoisotopic (exact) mass is 816 g/mol. The number of piperidine rings is 2. The zero-order valence-electron chi connectivity index (χ0n) is 32.2. The van der Waals surface area contributed by atoms with Crippen LogP contribution in [0.5, 0.6) is 0 Å². The molecule has 4 N–H and O–H groups in total. The molecule has 0 aliphatic carbocycles. The molecule has 6 heterocycles. The van der Waals surface area contributed by atoms with Gasteiger partial charge in [0, 0.05) is 60.1 Å². The topological polar surface area (TPSA) is 180 Å². The van der Waals surface area contributed by atoms with Gasteiger partial charge in [0.25, 0.3) is 11.8 Å². The van der Waals surface area contributed by atoms with Crippen LogP contribution < -0.4 is 15.5 Å². The molecule has 0 radical (unpaired) electrons. The van der Waals surface area contributed by atoms with Crippen LogP contribution in [0.2, 0.25) is 5.02 Å². The van der Waals surface area contributed by atoms with Gasteiger partial charge in [-0.3, -0.25) is 54.8 Å². The Morgan fingerprint density at radius 1 is 1.02 bits per heavy atom. The Balaban J connectivity index is 0.899. The van der Waals surface area contributed by atoms with Crippen LogP contribution in [0, 0.1) is 29.6 Å². The molecule has 14 nitrogen and oxygen atoms in total. The minimum atomic E-state index is -1.00. The molecular formula is C42H41ClN10O4S. The first kappa shape index (κ1) is 38.9. The molecule has 4 amide bonds. The van der Waals surface area contributed by atoms with Crippen molar-refractivity contribution >= 4 is 74.6 Å². The molecule has 4 aliphatic rings. The second-order valence-electron chi connectivity index (χ2n) is 14.9. The van der Waals surface area contributed by atoms with Crippen molar-refractivity contribution in [2.75, 3.05) is 29.9 Å². The minimum absolute atomic E-state index is 0.0732. The Hall–Kier alpha value is -5.95. The quantitative estimate of drug-likeness (QED) is 0.0840. The van der Waals surface area contributed by atoms with Crippen LogP contribution in [-0.2, 0) is 16.1 Å². The molecule has 296 valence electrons. The fraction of sp³-hybridized carbons (Fsp3) is 0.333. The number of nitrogens with one attached hydrogen (secondary N) is 4. The molecule has 4 aromatic rings. The third-order valence-corrected chi connectivity index (χ3v) is 12.4. The van der Waals surface area contributed by atoms with Crippen LogP contribution in [0.15, 0.2) is 59.9 Å². The van der Waals surface area contributed by atoms with E-state index in [4.69, 9.17) is 27.4 Å². The van der Waals surface area contributed by atoms with E-state index in [1.807, 2.05) is 49.0 Å². The number of hydrogen-bond donors (Lipinski definition) is 4. The summed E-state index contributed by atoms with van der Waals surface area (Å²) in [7, 11) is 0. The average molecular weight is 817 g/mol. The van der Waals surface area contributed by atoms with Gasteiger partial charge in [-0.05, 0) is 69.9 Å². The minimum Gasteiger partial charge on any atom is -0.382 e. The number of carbonyl (C=O) groups is 4. The van der Waals surface area contributed by atoms with Crippen LogP contribution in [-0.4, -0.2) is 98.4 Å². The van der Waals surface area contributed by atoms with Crippen molar-refractivity contribution in [3.63, 3.8) is 0 Å². The smallest absolute Gasteiger partial charge is 0.264 e.